The van der Waals surface area contributed by atoms with Gasteiger partial charge in [0.15, 0.2) is 0 Å². The normalized spacial score (nSPS) is 16.5. The van der Waals surface area contributed by atoms with Crippen LogP contribution in [-0.2, 0) is 21.2 Å². The average molecular weight is 368 g/mol. The Kier molecular flexibility index (Phi) is 4.75. The highest BCUT2D eigenvalue weighted by Gasteiger charge is 2.33. The molecule has 1 aliphatic heterocycles. The second-order valence-electron chi connectivity index (χ2n) is 5.80. The number of hydrogen-bond donors (Lipinski definition) is 1. The monoisotopic (exact) mass is 368 g/mol. The van der Waals surface area contributed by atoms with Crippen LogP contribution in [0.4, 0.5) is 0 Å². The molecule has 0 atom stereocenters. The summed E-state index contributed by atoms with van der Waals surface area (Å²) >= 11 is 1.56. The van der Waals surface area contributed by atoms with Gasteiger partial charge in [-0.25, -0.2) is 8.42 Å². The molecule has 0 spiro atoms. The summed E-state index contributed by atoms with van der Waals surface area (Å²) in [4.78, 5) is 15.3. The van der Waals surface area contributed by atoms with Crippen LogP contribution in [0.25, 0.3) is 0 Å². The molecular formula is C15H20N4O3S2. The Bertz CT molecular complexity index is 800. The second-order valence-corrected chi connectivity index (χ2v) is 8.71. The number of piperazine rings is 1. The van der Waals surface area contributed by atoms with Crippen LogP contribution in [0.3, 0.4) is 0 Å². The fourth-order valence-electron chi connectivity index (χ4n) is 2.90. The second kappa shape index (κ2) is 6.66. The number of hydrogen-bond acceptors (Lipinski definition) is 5. The number of nitrogens with zero attached hydrogens (tertiary/aromatic N) is 3. The van der Waals surface area contributed by atoms with E-state index in [1.807, 2.05) is 17.5 Å². The van der Waals surface area contributed by atoms with Gasteiger partial charge in [-0.15, -0.1) is 11.3 Å². The topological polar surface area (TPSA) is 86.4 Å². The van der Waals surface area contributed by atoms with Crippen LogP contribution in [0.15, 0.2) is 22.4 Å². The lowest BCUT2D eigenvalue weighted by atomic mass is 10.3. The van der Waals surface area contributed by atoms with E-state index in [4.69, 9.17) is 0 Å². The van der Waals surface area contributed by atoms with Crippen LogP contribution in [-0.4, -0.2) is 59.9 Å². The van der Waals surface area contributed by atoms with Crippen LogP contribution < -0.4 is 0 Å². The summed E-state index contributed by atoms with van der Waals surface area (Å²) in [6.45, 7) is 4.83. The van der Waals surface area contributed by atoms with E-state index in [-0.39, 0.29) is 10.8 Å². The fourth-order valence-corrected chi connectivity index (χ4v) is 5.35. The number of amides is 1. The molecule has 24 heavy (non-hydrogen) atoms. The Balaban J connectivity index is 1.65. The van der Waals surface area contributed by atoms with Crippen molar-refractivity contribution in [2.45, 2.75) is 25.2 Å². The van der Waals surface area contributed by atoms with Gasteiger partial charge in [0.1, 0.15) is 4.90 Å². The zero-order chi connectivity index (χ0) is 17.3. The summed E-state index contributed by atoms with van der Waals surface area (Å²) in [5.41, 5.74) is 1.02. The molecule has 0 saturated carbocycles. The third kappa shape index (κ3) is 3.24. The Morgan fingerprint density at radius 2 is 2.00 bits per heavy atom. The van der Waals surface area contributed by atoms with E-state index >= 15 is 0 Å². The van der Waals surface area contributed by atoms with E-state index < -0.39 is 10.0 Å². The van der Waals surface area contributed by atoms with Gasteiger partial charge in [0, 0.05) is 31.1 Å². The van der Waals surface area contributed by atoms with Crippen LogP contribution in [0.2, 0.25) is 0 Å². The van der Waals surface area contributed by atoms with Gasteiger partial charge in [-0.2, -0.15) is 9.40 Å². The third-order valence-corrected chi connectivity index (χ3v) is 7.19. The predicted octanol–water partition coefficient (Wildman–Crippen LogP) is 1.16. The molecule has 1 aliphatic rings. The molecule has 3 rings (SSSR count). The van der Waals surface area contributed by atoms with Crippen molar-refractivity contribution < 1.29 is 13.2 Å². The number of carbonyl (C=O) groups is 1. The highest BCUT2D eigenvalue weighted by molar-refractivity contribution is 7.89. The van der Waals surface area contributed by atoms with Gasteiger partial charge in [-0.3, -0.25) is 9.89 Å². The number of H-pyrrole nitrogens is 1. The largest absolute Gasteiger partial charge is 0.340 e. The van der Waals surface area contributed by atoms with Gasteiger partial charge in [0.2, 0.25) is 15.9 Å². The number of aromatic amines is 1. The fraction of sp³-hybridized carbons (Fsp3) is 0.467. The number of rotatable bonds is 4. The van der Waals surface area contributed by atoms with Crippen molar-refractivity contribution in [3.63, 3.8) is 0 Å². The quantitative estimate of drug-likeness (QED) is 0.877. The van der Waals surface area contributed by atoms with Crippen LogP contribution in [0, 0.1) is 13.8 Å². The Morgan fingerprint density at radius 3 is 2.54 bits per heavy atom. The Morgan fingerprint density at radius 1 is 1.29 bits per heavy atom. The number of aromatic nitrogens is 2. The summed E-state index contributed by atoms with van der Waals surface area (Å²) in [6.07, 6.45) is 0.379. The minimum atomic E-state index is -3.58. The standard InChI is InChI=1S/C15H20N4O3S2/c1-11-15(12(2)17-16-11)24(21,22)19-7-5-18(6-8-19)14(20)10-13-4-3-9-23-13/h3-4,9H,5-8,10H2,1-2H3,(H,16,17). The summed E-state index contributed by atoms with van der Waals surface area (Å²) in [7, 11) is -3.58. The van der Waals surface area contributed by atoms with E-state index in [0.29, 0.717) is 44.0 Å². The SMILES string of the molecule is Cc1n[nH]c(C)c1S(=O)(=O)N1CCN(C(=O)Cc2cccs2)CC1. The third-order valence-electron chi connectivity index (χ3n) is 4.16. The first-order valence-electron chi connectivity index (χ1n) is 7.71. The number of carbonyl (C=O) groups excluding carboxylic acids is 1. The molecule has 1 saturated heterocycles. The molecule has 1 N–H and O–H groups in total. The number of aryl methyl sites for hydroxylation is 2. The molecule has 7 nitrogen and oxygen atoms in total. The van der Waals surface area contributed by atoms with Crippen molar-refractivity contribution in [3.05, 3.63) is 33.8 Å². The number of thiophene rings is 1. The first kappa shape index (κ1) is 17.1. The van der Waals surface area contributed by atoms with Crippen molar-refractivity contribution in [3.8, 4) is 0 Å². The molecule has 0 aliphatic carbocycles. The number of nitrogens with one attached hydrogen (secondary N) is 1. The smallest absolute Gasteiger partial charge is 0.246 e. The van der Waals surface area contributed by atoms with E-state index in [9.17, 15) is 13.2 Å². The molecule has 130 valence electrons. The zero-order valence-corrected chi connectivity index (χ0v) is 15.3. The van der Waals surface area contributed by atoms with Gasteiger partial charge >= 0.3 is 0 Å². The van der Waals surface area contributed by atoms with Crippen molar-refractivity contribution in [2.75, 3.05) is 26.2 Å². The summed E-state index contributed by atoms with van der Waals surface area (Å²) in [5.74, 6) is 0.0465. The molecule has 2 aromatic heterocycles. The van der Waals surface area contributed by atoms with Crippen molar-refractivity contribution in [1.29, 1.82) is 0 Å². The maximum atomic E-state index is 12.8. The molecule has 3 heterocycles. The average Bonchev–Trinajstić information content (AvgIpc) is 3.17. The first-order chi connectivity index (χ1) is 11.4. The van der Waals surface area contributed by atoms with Crippen LogP contribution in [0.5, 0.6) is 0 Å². The molecule has 1 amide bonds. The summed E-state index contributed by atoms with van der Waals surface area (Å²) in [6, 6.07) is 3.86. The summed E-state index contributed by atoms with van der Waals surface area (Å²) in [5, 5.41) is 8.63. The lowest BCUT2D eigenvalue weighted by Crippen LogP contribution is -2.50. The Hall–Kier alpha value is -1.71. The first-order valence-corrected chi connectivity index (χ1v) is 10.0. The molecule has 0 unspecified atom stereocenters. The van der Waals surface area contributed by atoms with Crippen molar-refractivity contribution in [2.24, 2.45) is 0 Å². The van der Waals surface area contributed by atoms with E-state index in [1.54, 1.807) is 30.1 Å². The minimum absolute atomic E-state index is 0.0465. The molecular weight excluding hydrogens is 348 g/mol. The highest BCUT2D eigenvalue weighted by Crippen LogP contribution is 2.23. The Labute approximate surface area is 145 Å². The molecule has 0 radical (unpaired) electrons. The van der Waals surface area contributed by atoms with Gasteiger partial charge < -0.3 is 4.90 Å². The molecule has 1 fully saturated rings. The van der Waals surface area contributed by atoms with Gasteiger partial charge in [0.25, 0.3) is 0 Å². The highest BCUT2D eigenvalue weighted by atomic mass is 32.2. The maximum absolute atomic E-state index is 12.8. The lowest BCUT2D eigenvalue weighted by Gasteiger charge is -2.34. The van der Waals surface area contributed by atoms with E-state index in [1.165, 1.54) is 4.31 Å². The van der Waals surface area contributed by atoms with Crippen LogP contribution >= 0.6 is 11.3 Å². The predicted molar refractivity (Wildman–Crippen MR) is 91.4 cm³/mol. The summed E-state index contributed by atoms with van der Waals surface area (Å²) < 4.78 is 27.0. The van der Waals surface area contributed by atoms with Gasteiger partial charge in [-0.05, 0) is 25.3 Å². The van der Waals surface area contributed by atoms with E-state index in [2.05, 4.69) is 10.2 Å². The van der Waals surface area contributed by atoms with Gasteiger partial charge in [0.05, 0.1) is 17.8 Å². The number of sulfonamides is 1. The van der Waals surface area contributed by atoms with Crippen molar-refractivity contribution in [1.82, 2.24) is 19.4 Å². The molecule has 0 aromatic carbocycles. The minimum Gasteiger partial charge on any atom is -0.340 e. The van der Waals surface area contributed by atoms with Gasteiger partial charge in [-0.1, -0.05) is 6.07 Å². The molecule has 9 heteroatoms. The van der Waals surface area contributed by atoms with E-state index in [0.717, 1.165) is 4.88 Å². The molecule has 2 aromatic rings. The van der Waals surface area contributed by atoms with Crippen LogP contribution in [0.1, 0.15) is 16.3 Å². The van der Waals surface area contributed by atoms with Crippen molar-refractivity contribution >= 4 is 27.3 Å². The maximum Gasteiger partial charge on any atom is 0.246 e. The zero-order valence-electron chi connectivity index (χ0n) is 13.7. The molecule has 0 bridgehead atoms. The lowest BCUT2D eigenvalue weighted by molar-refractivity contribution is -0.131.